The molecule has 0 aliphatic heterocycles. The minimum Gasteiger partial charge on any atom is -0.465 e. The van der Waals surface area contributed by atoms with E-state index in [1.165, 1.54) is 51.4 Å². The summed E-state index contributed by atoms with van der Waals surface area (Å²) >= 11 is 0. The standard InChI is InChI=1S/C27H46O9.C10H20O.C9H18O.2C2H6.W/c1-5-21-13-14-26(4,25(21,2)3)24(33)36-20-27(17-30,19-35-23(32)12-8-10-16-29)18-34-22(31)11-7-6-9-15-28;1-3-4-5-6-7-8-9-10-11-2;1-2-3-4-5-6-7-8-9-10;2*1-2;/h15,21,29-30H,5-14,16-20H2,1-4H3;7-8H,3-6,9-10H2,1-2H3;6-7,10H,2-5,8-9H2,1H3;2*1-2H3;/b;8-7-;7-6-;;;. The minimum atomic E-state index is -1.30. The maximum atomic E-state index is 13.3. The summed E-state index contributed by atoms with van der Waals surface area (Å²) in [6.07, 6.45) is 26.8. The predicted octanol–water partition coefficient (Wildman–Crippen LogP) is 11.1. The van der Waals surface area contributed by atoms with E-state index in [0.717, 1.165) is 38.6 Å². The van der Waals surface area contributed by atoms with Gasteiger partial charge in [0.05, 0.1) is 17.4 Å². The Bertz CT molecular complexity index is 1080. The fourth-order valence-corrected chi connectivity index (χ4v) is 6.56. The van der Waals surface area contributed by atoms with Crippen LogP contribution in [0.5, 0.6) is 0 Å². The molecule has 3 unspecified atom stereocenters. The Balaban J connectivity index is -0.000000340. The molecular formula is C50H96O11W. The van der Waals surface area contributed by atoms with E-state index in [4.69, 9.17) is 29.2 Å². The van der Waals surface area contributed by atoms with Gasteiger partial charge >= 0.3 is 17.9 Å². The van der Waals surface area contributed by atoms with Gasteiger partial charge in [-0.25, -0.2) is 0 Å². The molecular weight excluding hydrogens is 960 g/mol. The van der Waals surface area contributed by atoms with Gasteiger partial charge in [0.15, 0.2) is 0 Å². The number of hydrogen-bond donors (Lipinski definition) is 3. The van der Waals surface area contributed by atoms with Gasteiger partial charge in [0.2, 0.25) is 0 Å². The first-order valence-corrected chi connectivity index (χ1v) is 23.9. The fraction of sp³-hybridized carbons (Fsp3) is 0.840. The molecule has 0 aromatic carbocycles. The normalized spacial score (nSPS) is 17.0. The summed E-state index contributed by atoms with van der Waals surface area (Å²) in [5, 5.41) is 27.6. The zero-order chi connectivity index (χ0) is 47.3. The Morgan fingerprint density at radius 1 is 0.645 bits per heavy atom. The number of carbonyl (C=O) groups excluding carboxylic acids is 4. The number of aldehydes is 1. The maximum absolute atomic E-state index is 13.3. The molecule has 1 aliphatic rings. The summed E-state index contributed by atoms with van der Waals surface area (Å²) in [6, 6.07) is 0. The number of hydrogen-bond acceptors (Lipinski definition) is 11. The van der Waals surface area contributed by atoms with Gasteiger partial charge in [-0.2, -0.15) is 0 Å². The van der Waals surface area contributed by atoms with E-state index in [0.29, 0.717) is 44.4 Å². The molecule has 0 bridgehead atoms. The molecule has 12 heteroatoms. The quantitative estimate of drug-likeness (QED) is 0.0199. The van der Waals surface area contributed by atoms with Crippen LogP contribution >= 0.6 is 0 Å². The van der Waals surface area contributed by atoms with E-state index >= 15 is 0 Å². The van der Waals surface area contributed by atoms with Crippen LogP contribution in [0, 0.1) is 22.2 Å². The molecule has 11 nitrogen and oxygen atoms in total. The summed E-state index contributed by atoms with van der Waals surface area (Å²) in [4.78, 5) is 48.1. The van der Waals surface area contributed by atoms with Crippen molar-refractivity contribution in [3.05, 3.63) is 24.3 Å². The molecule has 0 amide bonds. The Labute approximate surface area is 394 Å². The van der Waals surface area contributed by atoms with Crippen molar-refractivity contribution in [3.8, 4) is 0 Å². The van der Waals surface area contributed by atoms with Crippen molar-refractivity contribution in [1.29, 1.82) is 0 Å². The molecule has 1 saturated carbocycles. The van der Waals surface area contributed by atoms with Crippen molar-refractivity contribution in [2.75, 3.05) is 53.4 Å². The number of allylic oxidation sites excluding steroid dienone is 2. The van der Waals surface area contributed by atoms with Crippen molar-refractivity contribution >= 4 is 24.2 Å². The van der Waals surface area contributed by atoms with Crippen LogP contribution in [0.1, 0.15) is 198 Å². The number of esters is 3. The van der Waals surface area contributed by atoms with Crippen LogP contribution in [-0.2, 0) is 59.2 Å². The first-order valence-electron chi connectivity index (χ1n) is 23.9. The number of rotatable bonds is 31. The van der Waals surface area contributed by atoms with Crippen molar-refractivity contribution in [2.24, 2.45) is 22.2 Å². The molecule has 0 saturated heterocycles. The van der Waals surface area contributed by atoms with Gasteiger partial charge in [-0.05, 0) is 95.3 Å². The molecule has 0 aromatic rings. The summed E-state index contributed by atoms with van der Waals surface area (Å²) in [5.41, 5.74) is -2.27. The summed E-state index contributed by atoms with van der Waals surface area (Å²) < 4.78 is 21.4. The second-order valence-corrected chi connectivity index (χ2v) is 16.1. The van der Waals surface area contributed by atoms with Crippen LogP contribution in [0.4, 0.5) is 0 Å². The number of carbonyl (C=O) groups is 4. The zero-order valence-corrected chi connectivity index (χ0v) is 44.5. The van der Waals surface area contributed by atoms with Crippen LogP contribution in [0.25, 0.3) is 0 Å². The van der Waals surface area contributed by atoms with Gasteiger partial charge in [-0.15, -0.1) is 0 Å². The molecule has 0 spiro atoms. The topological polar surface area (TPSA) is 166 Å². The van der Waals surface area contributed by atoms with Gasteiger partial charge in [0.1, 0.15) is 26.1 Å². The molecule has 1 fully saturated rings. The second-order valence-electron chi connectivity index (χ2n) is 16.1. The van der Waals surface area contributed by atoms with Crippen LogP contribution in [0.2, 0.25) is 0 Å². The van der Waals surface area contributed by atoms with Crippen molar-refractivity contribution < 1.29 is 74.5 Å². The average Bonchev–Trinajstić information content (AvgIpc) is 3.52. The molecule has 0 heterocycles. The van der Waals surface area contributed by atoms with Crippen molar-refractivity contribution in [1.82, 2.24) is 0 Å². The summed E-state index contributed by atoms with van der Waals surface area (Å²) in [6.45, 7) is 20.4. The van der Waals surface area contributed by atoms with E-state index in [9.17, 15) is 24.3 Å². The summed E-state index contributed by atoms with van der Waals surface area (Å²) in [5.74, 6) is -1.01. The average molecular weight is 1060 g/mol. The number of ether oxygens (including phenoxy) is 4. The van der Waals surface area contributed by atoms with Gasteiger partial charge in [-0.1, -0.05) is 119 Å². The third kappa shape index (κ3) is 34.5. The Kier molecular flexibility index (Phi) is 54.1. The molecule has 62 heavy (non-hydrogen) atoms. The number of methoxy groups -OCH3 is 1. The van der Waals surface area contributed by atoms with Gasteiger partial charge in [0, 0.05) is 67.3 Å². The van der Waals surface area contributed by atoms with Gasteiger partial charge in [0.25, 0.3) is 0 Å². The van der Waals surface area contributed by atoms with Crippen molar-refractivity contribution in [3.63, 3.8) is 0 Å². The van der Waals surface area contributed by atoms with Crippen LogP contribution in [0.15, 0.2) is 24.3 Å². The molecule has 0 aromatic heterocycles. The molecule has 1 aliphatic carbocycles. The van der Waals surface area contributed by atoms with Gasteiger partial charge in [-0.3, -0.25) is 14.4 Å². The van der Waals surface area contributed by atoms with Crippen LogP contribution in [-0.4, -0.2) is 92.9 Å². The van der Waals surface area contributed by atoms with Crippen molar-refractivity contribution in [2.45, 2.75) is 198 Å². The molecule has 3 N–H and O–H groups in total. The smallest absolute Gasteiger partial charge is 0.312 e. The van der Waals surface area contributed by atoms with Crippen LogP contribution < -0.4 is 0 Å². The van der Waals surface area contributed by atoms with E-state index in [-0.39, 0.29) is 78.3 Å². The zero-order valence-electron chi connectivity index (χ0n) is 41.6. The van der Waals surface area contributed by atoms with E-state index in [1.54, 1.807) is 7.11 Å². The third-order valence-electron chi connectivity index (χ3n) is 11.1. The maximum Gasteiger partial charge on any atom is 0.312 e. The molecule has 1 rings (SSSR count). The third-order valence-corrected chi connectivity index (χ3v) is 11.1. The number of aliphatic hydroxyl groups is 3. The first kappa shape index (κ1) is 69.1. The summed E-state index contributed by atoms with van der Waals surface area (Å²) in [7, 11) is 1.74. The molecule has 368 valence electrons. The van der Waals surface area contributed by atoms with Crippen LogP contribution in [0.3, 0.4) is 0 Å². The van der Waals surface area contributed by atoms with E-state index in [1.807, 2.05) is 34.6 Å². The number of unbranched alkanes of at least 4 members (excludes halogenated alkanes) is 9. The minimum absolute atomic E-state index is 0. The van der Waals surface area contributed by atoms with Gasteiger partial charge < -0.3 is 39.1 Å². The Morgan fingerprint density at radius 2 is 1.11 bits per heavy atom. The Morgan fingerprint density at radius 3 is 1.53 bits per heavy atom. The molecule has 0 radical (unpaired) electrons. The van der Waals surface area contributed by atoms with E-state index in [2.05, 4.69) is 58.9 Å². The predicted molar refractivity (Wildman–Crippen MR) is 250 cm³/mol. The largest absolute Gasteiger partial charge is 0.465 e. The second kappa shape index (κ2) is 48.5. The van der Waals surface area contributed by atoms with E-state index < -0.39 is 29.4 Å². The first-order chi connectivity index (χ1) is 29.3. The fourth-order valence-electron chi connectivity index (χ4n) is 6.56. The SMILES string of the molecule is CC.CC.CCC1CCC(C)(C(=O)OCC(CO)(COC(=O)CCCCO)COC(=O)CCCCC=O)C1(C)C.CCCCC/C=C\CCO.CCCCC/C=C\CCOC.[W]. The number of aliphatic hydroxyl groups excluding tert-OH is 3. The monoisotopic (exact) mass is 1060 g/mol. The Hall–Kier alpha value is -1.91. The molecule has 3 atom stereocenters.